The van der Waals surface area contributed by atoms with E-state index in [0.717, 1.165) is 25.1 Å². The zero-order valence-electron chi connectivity index (χ0n) is 25.8. The second kappa shape index (κ2) is 13.2. The van der Waals surface area contributed by atoms with Crippen molar-refractivity contribution >= 4 is 19.9 Å². The highest BCUT2D eigenvalue weighted by atomic mass is 28.3. The van der Waals surface area contributed by atoms with Gasteiger partial charge >= 0.3 is 0 Å². The van der Waals surface area contributed by atoms with E-state index < -0.39 is 19.5 Å². The predicted octanol–water partition coefficient (Wildman–Crippen LogP) is 4.46. The molecule has 3 heterocycles. The Morgan fingerprint density at radius 3 is 2.57 bits per heavy atom. The van der Waals surface area contributed by atoms with Crippen LogP contribution >= 0.6 is 0 Å². The van der Waals surface area contributed by atoms with Gasteiger partial charge in [0.1, 0.15) is 6.73 Å². The van der Waals surface area contributed by atoms with Crippen LogP contribution in [0, 0.1) is 11.7 Å². The molecule has 232 valence electrons. The number of ether oxygens (including phenoxy) is 2. The van der Waals surface area contributed by atoms with E-state index in [-0.39, 0.29) is 53.7 Å². The molecule has 2 unspecified atom stereocenters. The van der Waals surface area contributed by atoms with E-state index in [1.54, 1.807) is 11.0 Å². The first-order valence-corrected chi connectivity index (χ1v) is 18.7. The molecule has 42 heavy (non-hydrogen) atoms. The molecule has 1 aliphatic carbocycles. The van der Waals surface area contributed by atoms with Crippen LogP contribution in [0.3, 0.4) is 0 Å². The van der Waals surface area contributed by atoms with E-state index in [9.17, 15) is 19.1 Å². The summed E-state index contributed by atoms with van der Waals surface area (Å²) in [5, 5.41) is 17.9. The molecule has 2 aromatic heterocycles. The number of piperidine rings is 1. The normalized spacial score (nSPS) is 24.9. The summed E-state index contributed by atoms with van der Waals surface area (Å²) in [6.45, 7) is 11.6. The maximum absolute atomic E-state index is 14.9. The Morgan fingerprint density at radius 1 is 1.21 bits per heavy atom. The van der Waals surface area contributed by atoms with E-state index in [0.29, 0.717) is 44.5 Å². The van der Waals surface area contributed by atoms with Gasteiger partial charge in [-0.2, -0.15) is 5.10 Å². The minimum atomic E-state index is -1.31. The molecule has 2 amide bonds. The predicted molar refractivity (Wildman–Crippen MR) is 160 cm³/mol. The third-order valence-corrected chi connectivity index (χ3v) is 10.1. The van der Waals surface area contributed by atoms with Crippen LogP contribution in [0.15, 0.2) is 18.3 Å². The van der Waals surface area contributed by atoms with Crippen LogP contribution in [0.4, 0.5) is 4.39 Å². The van der Waals surface area contributed by atoms with Crippen LogP contribution < -0.4 is 10.1 Å². The Morgan fingerprint density at radius 2 is 1.93 bits per heavy atom. The average molecular weight is 604 g/mol. The fourth-order valence-electron chi connectivity index (χ4n) is 5.66. The molecular weight excluding hydrogens is 557 g/mol. The Bertz CT molecular complexity index is 1250. The van der Waals surface area contributed by atoms with Crippen molar-refractivity contribution < 1.29 is 28.6 Å². The van der Waals surface area contributed by atoms with E-state index >= 15 is 0 Å². The van der Waals surface area contributed by atoms with E-state index in [2.05, 4.69) is 35.0 Å². The molecule has 2 N–H and O–H groups in total. The monoisotopic (exact) mass is 603 g/mol. The standard InChI is InChI=1S/C30H46FN5O5Si/c1-20-15-21(28(37)33-22-7-10-30(2,39)11-8-22)9-12-35(20)29(38)25-17-26(23-16-27(40-3)32-18-24(23)31)36(34-25)19-41-13-14-42(4,5)6/h16-18,20-22,39H,7-15,19H2,1-6H3,(H,33,37). The van der Waals surface area contributed by atoms with Gasteiger partial charge in [0.25, 0.3) is 5.91 Å². The molecule has 0 bridgehead atoms. The van der Waals surface area contributed by atoms with Crippen LogP contribution in [-0.2, 0) is 16.3 Å². The third kappa shape index (κ3) is 8.16. The van der Waals surface area contributed by atoms with Gasteiger partial charge in [0, 0.05) is 50.9 Å². The zero-order chi connectivity index (χ0) is 30.7. The molecule has 2 atom stereocenters. The van der Waals surface area contributed by atoms with Crippen molar-refractivity contribution in [1.29, 1.82) is 0 Å². The van der Waals surface area contributed by atoms with E-state index in [1.165, 1.54) is 17.9 Å². The largest absolute Gasteiger partial charge is 0.481 e. The van der Waals surface area contributed by atoms with Crippen LogP contribution in [0.2, 0.25) is 25.7 Å². The van der Waals surface area contributed by atoms with Crippen molar-refractivity contribution in [3.63, 3.8) is 0 Å². The van der Waals surface area contributed by atoms with Gasteiger partial charge in [-0.15, -0.1) is 0 Å². The molecule has 0 spiro atoms. The van der Waals surface area contributed by atoms with Crippen molar-refractivity contribution in [3.05, 3.63) is 29.8 Å². The van der Waals surface area contributed by atoms with Crippen molar-refractivity contribution in [1.82, 2.24) is 25.0 Å². The fraction of sp³-hybridized carbons (Fsp3) is 0.667. The Kier molecular flexibility index (Phi) is 10.1. The van der Waals surface area contributed by atoms with Crippen molar-refractivity contribution in [2.24, 2.45) is 5.92 Å². The number of rotatable bonds is 10. The SMILES string of the molecule is COc1cc(-c2cc(C(=O)N3CCC(C(=O)NC4CCC(C)(O)CC4)CC3C)nn2COCC[Si](C)(C)C)c(F)cn1. The summed E-state index contributed by atoms with van der Waals surface area (Å²) in [6.07, 6.45) is 5.07. The number of likely N-dealkylation sites (tertiary alicyclic amines) is 1. The van der Waals surface area contributed by atoms with Crippen molar-refractivity contribution in [2.45, 2.75) is 102 Å². The van der Waals surface area contributed by atoms with Crippen LogP contribution in [0.5, 0.6) is 5.88 Å². The van der Waals surface area contributed by atoms with Crippen LogP contribution in [0.1, 0.15) is 62.9 Å². The summed E-state index contributed by atoms with van der Waals surface area (Å²) < 4.78 is 27.6. The van der Waals surface area contributed by atoms with E-state index in [1.807, 2.05) is 13.8 Å². The van der Waals surface area contributed by atoms with Gasteiger partial charge in [-0.3, -0.25) is 9.59 Å². The second-order valence-electron chi connectivity index (χ2n) is 13.3. The summed E-state index contributed by atoms with van der Waals surface area (Å²) >= 11 is 0. The third-order valence-electron chi connectivity index (χ3n) is 8.44. The summed E-state index contributed by atoms with van der Waals surface area (Å²) in [5.41, 5.74) is 0.162. The summed E-state index contributed by atoms with van der Waals surface area (Å²) in [7, 11) is 0.151. The number of amides is 2. The lowest BCUT2D eigenvalue weighted by Gasteiger charge is -2.38. The number of nitrogens with zero attached hydrogens (tertiary/aromatic N) is 4. The maximum Gasteiger partial charge on any atom is 0.274 e. The summed E-state index contributed by atoms with van der Waals surface area (Å²) in [6, 6.07) is 3.95. The lowest BCUT2D eigenvalue weighted by Crippen LogP contribution is -2.50. The lowest BCUT2D eigenvalue weighted by molar-refractivity contribution is -0.128. The van der Waals surface area contributed by atoms with Gasteiger partial charge in [-0.05, 0) is 64.5 Å². The number of hydrogen-bond donors (Lipinski definition) is 2. The topological polar surface area (TPSA) is 119 Å². The van der Waals surface area contributed by atoms with Gasteiger partial charge < -0.3 is 24.8 Å². The second-order valence-corrected chi connectivity index (χ2v) is 18.9. The molecule has 10 nitrogen and oxygen atoms in total. The number of hydrogen-bond acceptors (Lipinski definition) is 7. The minimum absolute atomic E-state index is 0.0182. The highest BCUT2D eigenvalue weighted by Gasteiger charge is 2.36. The van der Waals surface area contributed by atoms with Gasteiger partial charge in [0.15, 0.2) is 11.5 Å². The van der Waals surface area contributed by atoms with Gasteiger partial charge in [-0.1, -0.05) is 19.6 Å². The molecule has 1 aliphatic heterocycles. The van der Waals surface area contributed by atoms with Crippen molar-refractivity contribution in [3.8, 4) is 17.1 Å². The Hall–Kier alpha value is -2.83. The van der Waals surface area contributed by atoms with Gasteiger partial charge in [0.2, 0.25) is 11.8 Å². The number of halogens is 1. The molecule has 1 saturated carbocycles. The molecule has 1 saturated heterocycles. The molecule has 4 rings (SSSR count). The number of aliphatic hydroxyl groups is 1. The number of nitrogens with one attached hydrogen (secondary N) is 1. The number of carbonyl (C=O) groups is 2. The molecule has 2 fully saturated rings. The van der Waals surface area contributed by atoms with Gasteiger partial charge in [-0.25, -0.2) is 14.1 Å². The lowest BCUT2D eigenvalue weighted by atomic mass is 9.83. The smallest absolute Gasteiger partial charge is 0.274 e. The molecule has 2 aromatic rings. The first-order valence-electron chi connectivity index (χ1n) is 15.0. The number of methoxy groups -OCH3 is 1. The highest BCUT2D eigenvalue weighted by Crippen LogP contribution is 2.31. The molecule has 12 heteroatoms. The van der Waals surface area contributed by atoms with Gasteiger partial charge in [0.05, 0.1) is 24.6 Å². The Balaban J connectivity index is 1.46. The Labute approximate surface area is 249 Å². The van der Waals surface area contributed by atoms with Crippen molar-refractivity contribution in [2.75, 3.05) is 20.3 Å². The molecule has 0 radical (unpaired) electrons. The fourth-order valence-corrected chi connectivity index (χ4v) is 6.41. The maximum atomic E-state index is 14.9. The first-order chi connectivity index (χ1) is 19.8. The van der Waals surface area contributed by atoms with Crippen LogP contribution in [-0.4, -0.2) is 82.6 Å². The summed E-state index contributed by atoms with van der Waals surface area (Å²) in [4.78, 5) is 32.4. The van der Waals surface area contributed by atoms with E-state index in [4.69, 9.17) is 9.47 Å². The number of carbonyl (C=O) groups excluding carboxylic acids is 2. The quantitative estimate of drug-likeness (QED) is 0.304. The minimum Gasteiger partial charge on any atom is -0.481 e. The zero-order valence-corrected chi connectivity index (χ0v) is 26.8. The molecule has 0 aromatic carbocycles. The van der Waals surface area contributed by atoms with Crippen LogP contribution in [0.25, 0.3) is 11.3 Å². The highest BCUT2D eigenvalue weighted by molar-refractivity contribution is 6.76. The molecular formula is C30H46FN5O5Si. The molecule has 2 aliphatic rings. The first kappa shape index (κ1) is 32.1. The number of aromatic nitrogens is 3. The summed E-state index contributed by atoms with van der Waals surface area (Å²) in [5.74, 6) is -0.735. The average Bonchev–Trinajstić information content (AvgIpc) is 3.35. The number of pyridine rings is 1.